The molecule has 0 saturated carbocycles. The second-order valence-electron chi connectivity index (χ2n) is 4.21. The third-order valence-electron chi connectivity index (χ3n) is 2.83. The number of fused-ring (bicyclic) bond motifs is 1. The van der Waals surface area contributed by atoms with Crippen molar-refractivity contribution in [1.29, 1.82) is 0 Å². The third-order valence-corrected chi connectivity index (χ3v) is 3.24. The highest BCUT2D eigenvalue weighted by molar-refractivity contribution is 6.31. The fraction of sp³-hybridized carbons (Fsp3) is 0.0714. The number of nitrogens with zero attached hydrogens (tertiary/aromatic N) is 1. The fourth-order valence-electron chi connectivity index (χ4n) is 1.79. The van der Waals surface area contributed by atoms with Crippen LogP contribution in [0.15, 0.2) is 40.8 Å². The van der Waals surface area contributed by atoms with E-state index in [-0.39, 0.29) is 0 Å². The quantitative estimate of drug-likeness (QED) is 0.670. The van der Waals surface area contributed by atoms with Crippen molar-refractivity contribution in [3.05, 3.63) is 47.0 Å². The van der Waals surface area contributed by atoms with Gasteiger partial charge in [0.05, 0.1) is 0 Å². The highest BCUT2D eigenvalue weighted by atomic mass is 35.5. The number of rotatable bonds is 1. The SMILES string of the molecule is Cc1ccc(-c2nc3cc(N)ccc3o2)cc1Cl. The van der Waals surface area contributed by atoms with Crippen molar-refractivity contribution in [2.45, 2.75) is 6.92 Å². The van der Waals surface area contributed by atoms with Crippen LogP contribution in [0.3, 0.4) is 0 Å². The molecule has 90 valence electrons. The van der Waals surface area contributed by atoms with Gasteiger partial charge < -0.3 is 10.2 Å². The maximum absolute atomic E-state index is 6.10. The van der Waals surface area contributed by atoms with Gasteiger partial charge in [0, 0.05) is 16.3 Å². The molecule has 1 heterocycles. The molecule has 0 aliphatic rings. The second-order valence-corrected chi connectivity index (χ2v) is 4.62. The van der Waals surface area contributed by atoms with Crippen LogP contribution in [0, 0.1) is 6.92 Å². The number of nitrogen functional groups attached to an aromatic ring is 1. The Kier molecular flexibility index (Phi) is 2.49. The van der Waals surface area contributed by atoms with Gasteiger partial charge in [-0.25, -0.2) is 4.98 Å². The number of halogens is 1. The Labute approximate surface area is 109 Å². The molecule has 0 spiro atoms. The van der Waals surface area contributed by atoms with Crippen molar-refractivity contribution in [3.63, 3.8) is 0 Å². The molecule has 2 aromatic carbocycles. The highest BCUT2D eigenvalue weighted by Gasteiger charge is 2.09. The molecule has 3 nitrogen and oxygen atoms in total. The van der Waals surface area contributed by atoms with Crippen molar-refractivity contribution < 1.29 is 4.42 Å². The lowest BCUT2D eigenvalue weighted by atomic mass is 10.1. The number of aryl methyl sites for hydroxylation is 1. The van der Waals surface area contributed by atoms with E-state index in [4.69, 9.17) is 21.8 Å². The number of hydrogen-bond donors (Lipinski definition) is 1. The van der Waals surface area contributed by atoms with Crippen LogP contribution in [0.5, 0.6) is 0 Å². The summed E-state index contributed by atoms with van der Waals surface area (Å²) in [5.74, 6) is 0.553. The van der Waals surface area contributed by atoms with Gasteiger partial charge in [-0.1, -0.05) is 17.7 Å². The summed E-state index contributed by atoms with van der Waals surface area (Å²) in [6, 6.07) is 11.1. The van der Waals surface area contributed by atoms with E-state index in [1.54, 1.807) is 12.1 Å². The average Bonchev–Trinajstić information content (AvgIpc) is 2.75. The molecule has 2 N–H and O–H groups in total. The lowest BCUT2D eigenvalue weighted by Gasteiger charge is -1.99. The first kappa shape index (κ1) is 11.1. The molecule has 0 fully saturated rings. The first-order valence-corrected chi connectivity index (χ1v) is 5.94. The molecule has 4 heteroatoms. The van der Waals surface area contributed by atoms with Gasteiger partial charge in [-0.2, -0.15) is 0 Å². The van der Waals surface area contributed by atoms with Crippen molar-refractivity contribution in [1.82, 2.24) is 4.98 Å². The van der Waals surface area contributed by atoms with Crippen LogP contribution in [0.25, 0.3) is 22.6 Å². The maximum atomic E-state index is 6.10. The van der Waals surface area contributed by atoms with E-state index in [1.165, 1.54) is 0 Å². The molecule has 0 amide bonds. The lowest BCUT2D eigenvalue weighted by molar-refractivity contribution is 0.620. The van der Waals surface area contributed by atoms with E-state index in [9.17, 15) is 0 Å². The first-order valence-electron chi connectivity index (χ1n) is 5.56. The Balaban J connectivity index is 2.16. The molecule has 1 aromatic heterocycles. The van der Waals surface area contributed by atoms with Crippen LogP contribution >= 0.6 is 11.6 Å². The zero-order valence-corrected chi connectivity index (χ0v) is 10.5. The van der Waals surface area contributed by atoms with Crippen molar-refractivity contribution in [2.75, 3.05) is 5.73 Å². The highest BCUT2D eigenvalue weighted by Crippen LogP contribution is 2.28. The smallest absolute Gasteiger partial charge is 0.227 e. The van der Waals surface area contributed by atoms with Gasteiger partial charge in [-0.05, 0) is 42.8 Å². The Morgan fingerprint density at radius 1 is 1.17 bits per heavy atom. The maximum Gasteiger partial charge on any atom is 0.227 e. The number of oxazole rings is 1. The summed E-state index contributed by atoms with van der Waals surface area (Å²) in [7, 11) is 0. The predicted octanol–water partition coefficient (Wildman–Crippen LogP) is 4.04. The van der Waals surface area contributed by atoms with E-state index in [2.05, 4.69) is 4.98 Å². The Morgan fingerprint density at radius 3 is 2.78 bits per heavy atom. The summed E-state index contributed by atoms with van der Waals surface area (Å²) in [5, 5.41) is 0.703. The molecule has 0 bridgehead atoms. The minimum absolute atomic E-state index is 0.553. The summed E-state index contributed by atoms with van der Waals surface area (Å²) in [5.41, 5.74) is 9.74. The lowest BCUT2D eigenvalue weighted by Crippen LogP contribution is -1.82. The van der Waals surface area contributed by atoms with E-state index in [0.29, 0.717) is 16.6 Å². The molecule has 0 aliphatic carbocycles. The van der Waals surface area contributed by atoms with Crippen molar-refractivity contribution in [2.24, 2.45) is 0 Å². The van der Waals surface area contributed by atoms with Crippen LogP contribution in [0.4, 0.5) is 5.69 Å². The molecule has 0 atom stereocenters. The zero-order valence-electron chi connectivity index (χ0n) is 9.77. The van der Waals surface area contributed by atoms with Gasteiger partial charge in [0.2, 0.25) is 5.89 Å². The van der Waals surface area contributed by atoms with E-state index in [0.717, 1.165) is 22.2 Å². The standard InChI is InChI=1S/C14H11ClN2O/c1-8-2-3-9(6-11(8)15)14-17-12-7-10(16)4-5-13(12)18-14/h2-7H,16H2,1H3. The first-order chi connectivity index (χ1) is 8.63. The van der Waals surface area contributed by atoms with Gasteiger partial charge in [0.1, 0.15) is 5.52 Å². The number of nitrogens with two attached hydrogens (primary N) is 1. The number of anilines is 1. The van der Waals surface area contributed by atoms with E-state index in [1.807, 2.05) is 31.2 Å². The molecule has 3 rings (SSSR count). The molecular formula is C14H11ClN2O. The van der Waals surface area contributed by atoms with Crippen LogP contribution in [-0.2, 0) is 0 Å². The van der Waals surface area contributed by atoms with Gasteiger partial charge >= 0.3 is 0 Å². The molecule has 18 heavy (non-hydrogen) atoms. The average molecular weight is 259 g/mol. The number of hydrogen-bond acceptors (Lipinski definition) is 3. The van der Waals surface area contributed by atoms with Crippen molar-refractivity contribution >= 4 is 28.4 Å². The predicted molar refractivity (Wildman–Crippen MR) is 73.6 cm³/mol. The molecular weight excluding hydrogens is 248 g/mol. The van der Waals surface area contributed by atoms with Gasteiger partial charge in [-0.15, -0.1) is 0 Å². The Hall–Kier alpha value is -2.00. The summed E-state index contributed by atoms with van der Waals surface area (Å²) >= 11 is 6.10. The third kappa shape index (κ3) is 1.83. The van der Waals surface area contributed by atoms with Crippen LogP contribution in [-0.4, -0.2) is 4.98 Å². The summed E-state index contributed by atoms with van der Waals surface area (Å²) < 4.78 is 5.68. The van der Waals surface area contributed by atoms with Crippen LogP contribution in [0.1, 0.15) is 5.56 Å². The van der Waals surface area contributed by atoms with Gasteiger partial charge in [0.15, 0.2) is 5.58 Å². The fourth-order valence-corrected chi connectivity index (χ4v) is 1.97. The summed E-state index contributed by atoms with van der Waals surface area (Å²) in [6.07, 6.45) is 0. The summed E-state index contributed by atoms with van der Waals surface area (Å²) in [4.78, 5) is 4.41. The molecule has 0 unspecified atom stereocenters. The molecule has 0 saturated heterocycles. The molecule has 0 radical (unpaired) electrons. The monoisotopic (exact) mass is 258 g/mol. The number of benzene rings is 2. The van der Waals surface area contributed by atoms with Gasteiger partial charge in [-0.3, -0.25) is 0 Å². The molecule has 3 aromatic rings. The number of aromatic nitrogens is 1. The normalized spacial score (nSPS) is 11.0. The minimum Gasteiger partial charge on any atom is -0.436 e. The summed E-state index contributed by atoms with van der Waals surface area (Å²) in [6.45, 7) is 1.96. The van der Waals surface area contributed by atoms with Gasteiger partial charge in [0.25, 0.3) is 0 Å². The largest absolute Gasteiger partial charge is 0.436 e. The zero-order chi connectivity index (χ0) is 12.7. The van der Waals surface area contributed by atoms with Crippen LogP contribution in [0.2, 0.25) is 5.02 Å². The van der Waals surface area contributed by atoms with E-state index >= 15 is 0 Å². The van der Waals surface area contributed by atoms with Crippen LogP contribution < -0.4 is 5.73 Å². The van der Waals surface area contributed by atoms with E-state index < -0.39 is 0 Å². The Bertz CT molecular complexity index is 734. The minimum atomic E-state index is 0.553. The topological polar surface area (TPSA) is 52.0 Å². The Morgan fingerprint density at radius 2 is 2.00 bits per heavy atom. The van der Waals surface area contributed by atoms with Crippen molar-refractivity contribution in [3.8, 4) is 11.5 Å². The second kappa shape index (κ2) is 4.03. The molecule has 0 aliphatic heterocycles.